The zero-order valence-electron chi connectivity index (χ0n) is 19.5. The molecule has 4 rings (SSSR count). The van der Waals surface area contributed by atoms with Gasteiger partial charge in [-0.3, -0.25) is 4.79 Å². The molecule has 1 aliphatic heterocycles. The fourth-order valence-corrected chi connectivity index (χ4v) is 4.58. The molecule has 0 aromatic heterocycles. The van der Waals surface area contributed by atoms with E-state index in [1.165, 1.54) is 61.3 Å². The first kappa shape index (κ1) is 26.3. The van der Waals surface area contributed by atoms with Crippen molar-refractivity contribution < 1.29 is 41.7 Å². The Morgan fingerprint density at radius 3 is 2.41 bits per heavy atom. The highest BCUT2D eigenvalue weighted by molar-refractivity contribution is 6.31. The van der Waals surface area contributed by atoms with Gasteiger partial charge in [-0.1, -0.05) is 30.7 Å². The monoisotopic (exact) mass is 537 g/mol. The number of aromatic carboxylic acids is 1. The molecular formula is C26H20ClF4NO5. The molecule has 6 nitrogen and oxygen atoms in total. The molecule has 0 saturated heterocycles. The molecule has 0 fully saturated rings. The average molecular weight is 538 g/mol. The third-order valence-corrected chi connectivity index (χ3v) is 6.48. The largest absolute Gasteiger partial charge is 0.482 e. The van der Waals surface area contributed by atoms with Gasteiger partial charge < -0.3 is 19.5 Å². The first-order chi connectivity index (χ1) is 17.4. The Bertz CT molecular complexity index is 1380. The SMILES string of the molecule is CC(c1ccc(Oc2ccc(C(=O)O)c(F)c2)cc1Cl)C(c1ccc2c(c1)OCC(=O)N2C)C(F)(F)F. The summed E-state index contributed by atoms with van der Waals surface area (Å²) < 4.78 is 67.7. The summed E-state index contributed by atoms with van der Waals surface area (Å²) >= 11 is 6.35. The lowest BCUT2D eigenvalue weighted by molar-refractivity contribution is -0.154. The van der Waals surface area contributed by atoms with Crippen molar-refractivity contribution in [2.45, 2.75) is 24.9 Å². The van der Waals surface area contributed by atoms with Crippen LogP contribution in [0.2, 0.25) is 5.02 Å². The van der Waals surface area contributed by atoms with Crippen molar-refractivity contribution in [1.29, 1.82) is 0 Å². The molecule has 1 aliphatic rings. The number of nitrogens with zero attached hydrogens (tertiary/aromatic N) is 1. The summed E-state index contributed by atoms with van der Waals surface area (Å²) in [6.45, 7) is 1.13. The number of halogens is 5. The van der Waals surface area contributed by atoms with Gasteiger partial charge in [0.1, 0.15) is 23.1 Å². The van der Waals surface area contributed by atoms with E-state index in [1.807, 2.05) is 0 Å². The van der Waals surface area contributed by atoms with E-state index in [0.717, 1.165) is 12.1 Å². The zero-order valence-corrected chi connectivity index (χ0v) is 20.2. The third-order valence-electron chi connectivity index (χ3n) is 6.15. The second-order valence-corrected chi connectivity index (χ2v) is 8.92. The maximum atomic E-state index is 14.3. The highest BCUT2D eigenvalue weighted by atomic mass is 35.5. The number of amides is 1. The minimum Gasteiger partial charge on any atom is -0.482 e. The molecule has 3 aromatic rings. The van der Waals surface area contributed by atoms with Crippen LogP contribution in [0, 0.1) is 5.82 Å². The topological polar surface area (TPSA) is 76.1 Å². The number of hydrogen-bond donors (Lipinski definition) is 1. The van der Waals surface area contributed by atoms with Gasteiger partial charge in [0.25, 0.3) is 5.91 Å². The van der Waals surface area contributed by atoms with Crippen LogP contribution in [-0.2, 0) is 4.79 Å². The summed E-state index contributed by atoms with van der Waals surface area (Å²) in [5.41, 5.74) is 0.000996. The molecule has 37 heavy (non-hydrogen) atoms. The number of anilines is 1. The molecule has 2 unspecified atom stereocenters. The number of carbonyl (C=O) groups excluding carboxylic acids is 1. The second-order valence-electron chi connectivity index (χ2n) is 8.51. The van der Waals surface area contributed by atoms with Gasteiger partial charge in [0.15, 0.2) is 6.61 Å². The molecule has 0 bridgehead atoms. The summed E-state index contributed by atoms with van der Waals surface area (Å²) in [5.74, 6) is -5.50. The first-order valence-electron chi connectivity index (χ1n) is 11.0. The van der Waals surface area contributed by atoms with Crippen LogP contribution in [0.5, 0.6) is 17.2 Å². The molecule has 0 spiro atoms. The lowest BCUT2D eigenvalue weighted by Gasteiger charge is -2.30. The molecule has 0 saturated carbocycles. The molecule has 1 heterocycles. The molecule has 1 N–H and O–H groups in total. The minimum absolute atomic E-state index is 0.00131. The fourth-order valence-electron chi connectivity index (χ4n) is 4.24. The van der Waals surface area contributed by atoms with E-state index in [2.05, 4.69) is 0 Å². The maximum Gasteiger partial charge on any atom is 0.396 e. The van der Waals surface area contributed by atoms with E-state index in [1.54, 1.807) is 0 Å². The molecule has 3 aromatic carbocycles. The molecular weight excluding hydrogens is 518 g/mol. The van der Waals surface area contributed by atoms with Gasteiger partial charge in [-0.05, 0) is 53.4 Å². The number of benzene rings is 3. The van der Waals surface area contributed by atoms with Crippen LogP contribution in [0.3, 0.4) is 0 Å². The van der Waals surface area contributed by atoms with E-state index in [4.69, 9.17) is 26.2 Å². The van der Waals surface area contributed by atoms with Crippen LogP contribution >= 0.6 is 11.6 Å². The van der Waals surface area contributed by atoms with Crippen LogP contribution in [0.1, 0.15) is 40.2 Å². The Kier molecular flexibility index (Phi) is 7.05. The van der Waals surface area contributed by atoms with Crippen LogP contribution in [-0.4, -0.2) is 36.8 Å². The van der Waals surface area contributed by atoms with Crippen molar-refractivity contribution in [3.8, 4) is 17.2 Å². The zero-order chi connectivity index (χ0) is 27.1. The normalized spacial score (nSPS) is 15.0. The summed E-state index contributed by atoms with van der Waals surface area (Å²) in [5, 5.41) is 8.93. The van der Waals surface area contributed by atoms with E-state index in [0.29, 0.717) is 5.69 Å². The molecule has 1 amide bonds. The van der Waals surface area contributed by atoms with Gasteiger partial charge in [-0.2, -0.15) is 13.2 Å². The third kappa shape index (κ3) is 5.34. The molecule has 0 aliphatic carbocycles. The summed E-state index contributed by atoms with van der Waals surface area (Å²) in [6, 6.07) is 11.3. The standard InChI is InChI=1S/C26H20ClF4NO5/c1-13(24(26(29,30)31)14-3-8-21-22(9-14)36-12-23(33)32(21)2)17-6-4-15(10-19(17)27)37-16-5-7-18(25(34)35)20(28)11-16/h3-11,13,24H,12H2,1-2H3,(H,34,35). The van der Waals surface area contributed by atoms with Crippen molar-refractivity contribution >= 4 is 29.2 Å². The first-order valence-corrected chi connectivity index (χ1v) is 11.3. The van der Waals surface area contributed by atoms with Gasteiger partial charge in [0.2, 0.25) is 0 Å². The molecule has 2 atom stereocenters. The number of rotatable bonds is 6. The Balaban J connectivity index is 1.62. The lowest BCUT2D eigenvalue weighted by atomic mass is 9.82. The number of likely N-dealkylation sites (N-methyl/N-ethyl adjacent to an activating group) is 1. The number of carboxylic acid groups (broad SMARTS) is 1. The van der Waals surface area contributed by atoms with Gasteiger partial charge in [-0.15, -0.1) is 0 Å². The number of carbonyl (C=O) groups is 2. The number of alkyl halides is 3. The number of fused-ring (bicyclic) bond motifs is 1. The highest BCUT2D eigenvalue weighted by Crippen LogP contribution is 2.48. The van der Waals surface area contributed by atoms with Gasteiger partial charge in [-0.25, -0.2) is 9.18 Å². The molecule has 194 valence electrons. The van der Waals surface area contributed by atoms with Crippen LogP contribution < -0.4 is 14.4 Å². The Hall–Kier alpha value is -3.79. The van der Waals surface area contributed by atoms with Crippen molar-refractivity contribution in [2.75, 3.05) is 18.6 Å². The highest BCUT2D eigenvalue weighted by Gasteiger charge is 2.45. The minimum atomic E-state index is -4.63. The molecule has 0 radical (unpaired) electrons. The summed E-state index contributed by atoms with van der Waals surface area (Å²) in [6.07, 6.45) is -4.63. The molecule has 11 heteroatoms. The number of carboxylic acids is 1. The smallest absolute Gasteiger partial charge is 0.396 e. The predicted molar refractivity (Wildman–Crippen MR) is 127 cm³/mol. The lowest BCUT2D eigenvalue weighted by Crippen LogP contribution is -2.35. The predicted octanol–water partition coefficient (Wildman–Crippen LogP) is 6.77. The Labute approximate surface area is 214 Å². The van der Waals surface area contributed by atoms with Crippen LogP contribution in [0.15, 0.2) is 54.6 Å². The quantitative estimate of drug-likeness (QED) is 0.351. The summed E-state index contributed by atoms with van der Waals surface area (Å²) in [4.78, 5) is 24.1. The number of ether oxygens (including phenoxy) is 2. The fraction of sp³-hybridized carbons (Fsp3) is 0.231. The average Bonchev–Trinajstić information content (AvgIpc) is 2.80. The van der Waals surface area contributed by atoms with Crippen molar-refractivity contribution in [1.82, 2.24) is 0 Å². The van der Waals surface area contributed by atoms with Crippen molar-refractivity contribution in [2.24, 2.45) is 0 Å². The van der Waals surface area contributed by atoms with Gasteiger partial charge >= 0.3 is 12.1 Å². The van der Waals surface area contributed by atoms with Crippen LogP contribution in [0.25, 0.3) is 0 Å². The van der Waals surface area contributed by atoms with Gasteiger partial charge in [0.05, 0.1) is 17.2 Å². The van der Waals surface area contributed by atoms with Gasteiger partial charge in [0, 0.05) is 18.1 Å². The second kappa shape index (κ2) is 9.93. The Morgan fingerprint density at radius 1 is 1.11 bits per heavy atom. The number of hydrogen-bond acceptors (Lipinski definition) is 4. The summed E-state index contributed by atoms with van der Waals surface area (Å²) in [7, 11) is 1.52. The van der Waals surface area contributed by atoms with Crippen molar-refractivity contribution in [3.05, 3.63) is 82.1 Å². The van der Waals surface area contributed by atoms with E-state index in [9.17, 15) is 27.2 Å². The van der Waals surface area contributed by atoms with E-state index in [-0.39, 0.29) is 45.9 Å². The Morgan fingerprint density at radius 2 is 1.78 bits per heavy atom. The van der Waals surface area contributed by atoms with E-state index < -0.39 is 35.4 Å². The maximum absolute atomic E-state index is 14.3. The van der Waals surface area contributed by atoms with Crippen molar-refractivity contribution in [3.63, 3.8) is 0 Å². The van der Waals surface area contributed by atoms with Crippen LogP contribution in [0.4, 0.5) is 23.2 Å². The van der Waals surface area contributed by atoms with E-state index >= 15 is 0 Å².